The van der Waals surface area contributed by atoms with Crippen LogP contribution < -0.4 is 9.47 Å². The van der Waals surface area contributed by atoms with Crippen LogP contribution in [0.15, 0.2) is 66.2 Å². The van der Waals surface area contributed by atoms with Crippen molar-refractivity contribution in [2.24, 2.45) is 5.92 Å². The van der Waals surface area contributed by atoms with Crippen molar-refractivity contribution in [3.05, 3.63) is 104 Å². The topological polar surface area (TPSA) is 81.9 Å². The molecule has 0 spiro atoms. The number of rotatable bonds is 4. The maximum atomic E-state index is 14.0. The predicted molar refractivity (Wildman–Crippen MR) is 130 cm³/mol. The SMILES string of the molecule is COc1cc2c(cc1OC)[C@H]1[C@@H]3Cc4c(cccc4[N+](=O)[O-])C(c4ccccc4)=C3C(=O)N1CC2. The Morgan fingerprint density at radius 3 is 2.46 bits per heavy atom. The molecule has 1 fully saturated rings. The Balaban J connectivity index is 1.62. The Kier molecular flexibility index (Phi) is 4.88. The minimum atomic E-state index is -0.316. The lowest BCUT2D eigenvalue weighted by Crippen LogP contribution is -2.35. The molecule has 0 aromatic heterocycles. The molecule has 2 heterocycles. The van der Waals surface area contributed by atoms with Gasteiger partial charge in [0.05, 0.1) is 25.2 Å². The second-order valence-electron chi connectivity index (χ2n) is 9.13. The number of amides is 1. The van der Waals surface area contributed by atoms with E-state index in [2.05, 4.69) is 0 Å². The number of methoxy groups -OCH3 is 2. The maximum absolute atomic E-state index is 14.0. The molecule has 0 unspecified atom stereocenters. The molecule has 3 aromatic carbocycles. The summed E-state index contributed by atoms with van der Waals surface area (Å²) in [6.07, 6.45) is 1.14. The average Bonchev–Trinajstić information content (AvgIpc) is 3.18. The third-order valence-electron chi connectivity index (χ3n) is 7.54. The van der Waals surface area contributed by atoms with E-state index in [1.165, 1.54) is 0 Å². The number of fused-ring (bicyclic) bond motifs is 6. The largest absolute Gasteiger partial charge is 0.493 e. The van der Waals surface area contributed by atoms with E-state index in [1.807, 2.05) is 53.4 Å². The molecule has 7 heteroatoms. The molecule has 3 aliphatic rings. The summed E-state index contributed by atoms with van der Waals surface area (Å²) in [5, 5.41) is 12.0. The van der Waals surface area contributed by atoms with Gasteiger partial charge in [0.1, 0.15) is 0 Å². The molecule has 6 rings (SSSR count). The number of benzene rings is 3. The van der Waals surface area contributed by atoms with Crippen molar-refractivity contribution in [1.82, 2.24) is 4.90 Å². The average molecular weight is 469 g/mol. The lowest BCUT2D eigenvalue weighted by Gasteiger charge is -2.35. The number of nitrogens with zero attached hydrogens (tertiary/aromatic N) is 2. The molecule has 1 amide bonds. The Morgan fingerprint density at radius 2 is 1.74 bits per heavy atom. The van der Waals surface area contributed by atoms with E-state index in [1.54, 1.807) is 26.4 Å². The molecule has 35 heavy (non-hydrogen) atoms. The summed E-state index contributed by atoms with van der Waals surface area (Å²) in [5.41, 5.74) is 6.16. The van der Waals surface area contributed by atoms with E-state index in [4.69, 9.17) is 9.47 Å². The van der Waals surface area contributed by atoms with Crippen LogP contribution >= 0.6 is 0 Å². The van der Waals surface area contributed by atoms with Crippen molar-refractivity contribution in [1.29, 1.82) is 0 Å². The van der Waals surface area contributed by atoms with Crippen LogP contribution in [0.1, 0.15) is 33.9 Å². The minimum absolute atomic E-state index is 0.0106. The van der Waals surface area contributed by atoms with Crippen LogP contribution in [-0.2, 0) is 17.6 Å². The van der Waals surface area contributed by atoms with Gasteiger partial charge in [0.15, 0.2) is 11.5 Å². The Labute approximate surface area is 202 Å². The maximum Gasteiger partial charge on any atom is 0.273 e. The van der Waals surface area contributed by atoms with Gasteiger partial charge in [-0.15, -0.1) is 0 Å². The summed E-state index contributed by atoms with van der Waals surface area (Å²) < 4.78 is 11.1. The van der Waals surface area contributed by atoms with Gasteiger partial charge >= 0.3 is 0 Å². The smallest absolute Gasteiger partial charge is 0.273 e. The van der Waals surface area contributed by atoms with E-state index in [0.29, 0.717) is 36.4 Å². The van der Waals surface area contributed by atoms with Gasteiger partial charge in [-0.1, -0.05) is 42.5 Å². The van der Waals surface area contributed by atoms with E-state index < -0.39 is 0 Å². The van der Waals surface area contributed by atoms with Crippen LogP contribution in [0, 0.1) is 16.0 Å². The van der Waals surface area contributed by atoms with Crippen molar-refractivity contribution in [3.8, 4) is 11.5 Å². The number of hydrogen-bond donors (Lipinski definition) is 0. The molecule has 1 saturated heterocycles. The second kappa shape index (κ2) is 7.98. The third-order valence-corrected chi connectivity index (χ3v) is 7.54. The summed E-state index contributed by atoms with van der Waals surface area (Å²) in [4.78, 5) is 27.6. The molecular weight excluding hydrogens is 444 g/mol. The molecule has 0 bridgehead atoms. The molecule has 2 atom stereocenters. The van der Waals surface area contributed by atoms with Crippen LogP contribution in [0.25, 0.3) is 5.57 Å². The summed E-state index contributed by atoms with van der Waals surface area (Å²) in [6, 6.07) is 18.7. The Bertz CT molecular complexity index is 1410. The number of ether oxygens (including phenoxy) is 2. The van der Waals surface area contributed by atoms with Crippen molar-refractivity contribution < 1.29 is 19.2 Å². The first kappa shape index (κ1) is 21.4. The fourth-order valence-corrected chi connectivity index (χ4v) is 6.09. The minimum Gasteiger partial charge on any atom is -0.493 e. The van der Waals surface area contributed by atoms with Crippen molar-refractivity contribution in [2.45, 2.75) is 18.9 Å². The first-order valence-electron chi connectivity index (χ1n) is 11.7. The van der Waals surface area contributed by atoms with Crippen molar-refractivity contribution >= 4 is 17.2 Å². The quantitative estimate of drug-likeness (QED) is 0.409. The fraction of sp³-hybridized carbons (Fsp3) is 0.250. The summed E-state index contributed by atoms with van der Waals surface area (Å²) in [6.45, 7) is 0.590. The van der Waals surface area contributed by atoms with E-state index >= 15 is 0 Å². The Hall–Kier alpha value is -4.13. The van der Waals surface area contributed by atoms with Crippen molar-refractivity contribution in [3.63, 3.8) is 0 Å². The zero-order chi connectivity index (χ0) is 24.3. The molecule has 1 aliphatic carbocycles. The van der Waals surface area contributed by atoms with Crippen LogP contribution in [0.5, 0.6) is 11.5 Å². The molecule has 3 aromatic rings. The standard InChI is InChI=1S/C28H24N2O5/c1-34-23-13-17-11-12-29-27(19(17)15-24(23)35-2)21-14-20-18(9-6-10-22(20)30(32)33)25(26(21)28(29)31)16-7-4-3-5-8-16/h3-10,13,15,21,27H,11-12,14H2,1-2H3/t21-,27+/m1/s1. The lowest BCUT2D eigenvalue weighted by molar-refractivity contribution is -0.385. The van der Waals surface area contributed by atoms with Gasteiger partial charge in [-0.2, -0.15) is 0 Å². The molecule has 0 saturated carbocycles. The number of carbonyl (C=O) groups is 1. The van der Waals surface area contributed by atoms with Gasteiger partial charge < -0.3 is 14.4 Å². The van der Waals surface area contributed by atoms with Gasteiger partial charge in [-0.25, -0.2) is 0 Å². The van der Waals surface area contributed by atoms with Gasteiger partial charge in [0.2, 0.25) is 0 Å². The molecular formula is C28H24N2O5. The number of hydrogen-bond acceptors (Lipinski definition) is 5. The van der Waals surface area contributed by atoms with Gasteiger partial charge in [-0.3, -0.25) is 14.9 Å². The third kappa shape index (κ3) is 3.07. The number of carbonyl (C=O) groups excluding carboxylic acids is 1. The van der Waals surface area contributed by atoms with E-state index in [-0.39, 0.29) is 28.5 Å². The molecule has 2 aliphatic heterocycles. The lowest BCUT2D eigenvalue weighted by atomic mass is 9.73. The molecule has 0 N–H and O–H groups in total. The second-order valence-corrected chi connectivity index (χ2v) is 9.13. The van der Waals surface area contributed by atoms with Crippen LogP contribution in [0.4, 0.5) is 5.69 Å². The van der Waals surface area contributed by atoms with Crippen LogP contribution in [0.2, 0.25) is 0 Å². The Morgan fingerprint density at radius 1 is 1.00 bits per heavy atom. The monoisotopic (exact) mass is 468 g/mol. The van der Waals surface area contributed by atoms with Gasteiger partial charge in [0, 0.05) is 29.7 Å². The zero-order valence-electron chi connectivity index (χ0n) is 19.5. The highest BCUT2D eigenvalue weighted by Gasteiger charge is 2.51. The summed E-state index contributed by atoms with van der Waals surface area (Å²) in [5.74, 6) is 1.08. The van der Waals surface area contributed by atoms with E-state index in [9.17, 15) is 14.9 Å². The zero-order valence-corrected chi connectivity index (χ0v) is 19.5. The van der Waals surface area contributed by atoms with Gasteiger partial charge in [-0.05, 0) is 52.8 Å². The molecule has 7 nitrogen and oxygen atoms in total. The van der Waals surface area contributed by atoms with Crippen LogP contribution in [0.3, 0.4) is 0 Å². The molecule has 176 valence electrons. The first-order valence-corrected chi connectivity index (χ1v) is 11.7. The summed E-state index contributed by atoms with van der Waals surface area (Å²) in [7, 11) is 3.21. The van der Waals surface area contributed by atoms with Crippen LogP contribution in [-0.4, -0.2) is 36.5 Å². The fourth-order valence-electron chi connectivity index (χ4n) is 6.09. The summed E-state index contributed by atoms with van der Waals surface area (Å²) >= 11 is 0. The number of nitro groups is 1. The normalized spacial score (nSPS) is 20.1. The highest BCUT2D eigenvalue weighted by molar-refractivity contribution is 6.09. The molecule has 0 radical (unpaired) electrons. The van der Waals surface area contributed by atoms with Crippen molar-refractivity contribution in [2.75, 3.05) is 20.8 Å². The van der Waals surface area contributed by atoms with Gasteiger partial charge in [0.25, 0.3) is 11.6 Å². The number of nitro benzene ring substituents is 1. The van der Waals surface area contributed by atoms with E-state index in [0.717, 1.165) is 33.4 Å². The highest BCUT2D eigenvalue weighted by atomic mass is 16.6. The first-order chi connectivity index (χ1) is 17.0. The predicted octanol–water partition coefficient (Wildman–Crippen LogP) is 4.73. The highest BCUT2D eigenvalue weighted by Crippen LogP contribution is 2.54.